The molecule has 34 heavy (non-hydrogen) atoms. The van der Waals surface area contributed by atoms with Gasteiger partial charge in [0.05, 0.1) is 7.11 Å². The maximum absolute atomic E-state index is 12.6. The summed E-state index contributed by atoms with van der Waals surface area (Å²) in [5.74, 6) is -0.736. The van der Waals surface area contributed by atoms with Gasteiger partial charge >= 0.3 is 12.1 Å². The highest BCUT2D eigenvalue weighted by Crippen LogP contribution is 2.44. The third-order valence-corrected chi connectivity index (χ3v) is 5.80. The number of hydrogen-bond acceptors (Lipinski definition) is 5. The molecule has 7 nitrogen and oxygen atoms in total. The Hall–Kier alpha value is -3.84. The highest BCUT2D eigenvalue weighted by Gasteiger charge is 2.30. The topological polar surface area (TPSA) is 115 Å². The molecule has 0 fully saturated rings. The van der Waals surface area contributed by atoms with Gasteiger partial charge in [0, 0.05) is 17.9 Å². The fourth-order valence-electron chi connectivity index (χ4n) is 4.22. The number of halogens is 1. The zero-order chi connectivity index (χ0) is 23.4. The van der Waals surface area contributed by atoms with E-state index in [1.807, 2.05) is 36.4 Å². The van der Waals surface area contributed by atoms with Crippen LogP contribution in [-0.2, 0) is 20.7 Å². The molecule has 0 saturated heterocycles. The molecule has 1 aliphatic carbocycles. The third kappa shape index (κ3) is 5.21. The minimum absolute atomic E-state index is 0. The van der Waals surface area contributed by atoms with Crippen LogP contribution in [-0.4, -0.2) is 37.7 Å². The Balaban J connectivity index is 0.00000324. The van der Waals surface area contributed by atoms with Gasteiger partial charge < -0.3 is 20.5 Å². The van der Waals surface area contributed by atoms with Crippen molar-refractivity contribution in [3.05, 3.63) is 95.1 Å². The van der Waals surface area contributed by atoms with Gasteiger partial charge in [-0.3, -0.25) is 5.41 Å². The lowest BCUT2D eigenvalue weighted by Crippen LogP contribution is -2.43. The van der Waals surface area contributed by atoms with E-state index in [1.165, 1.54) is 7.11 Å². The van der Waals surface area contributed by atoms with Crippen molar-refractivity contribution >= 4 is 30.3 Å². The van der Waals surface area contributed by atoms with E-state index in [-0.39, 0.29) is 37.2 Å². The van der Waals surface area contributed by atoms with Crippen molar-refractivity contribution in [1.82, 2.24) is 5.32 Å². The van der Waals surface area contributed by atoms with Gasteiger partial charge in [-0.15, -0.1) is 12.4 Å². The number of nitrogens with two attached hydrogens (primary N) is 1. The van der Waals surface area contributed by atoms with Crippen LogP contribution in [0.3, 0.4) is 0 Å². The summed E-state index contributed by atoms with van der Waals surface area (Å²) >= 11 is 0. The molecule has 0 bridgehead atoms. The number of alkyl carbamates (subject to hydrolysis) is 1. The second kappa shape index (κ2) is 10.9. The number of nitrogen functional groups attached to an aromatic ring is 1. The smallest absolute Gasteiger partial charge is 0.407 e. The molecular formula is C26H26ClN3O4. The van der Waals surface area contributed by atoms with Crippen LogP contribution in [0.5, 0.6) is 0 Å². The van der Waals surface area contributed by atoms with Gasteiger partial charge in [0.2, 0.25) is 0 Å². The predicted molar refractivity (Wildman–Crippen MR) is 132 cm³/mol. The number of rotatable bonds is 7. The summed E-state index contributed by atoms with van der Waals surface area (Å²) in [5, 5.41) is 10.2. The summed E-state index contributed by atoms with van der Waals surface area (Å²) in [6.45, 7) is 0.146. The van der Waals surface area contributed by atoms with Crippen LogP contribution >= 0.6 is 12.4 Å². The van der Waals surface area contributed by atoms with Crippen molar-refractivity contribution in [2.45, 2.75) is 18.4 Å². The molecule has 3 aromatic carbocycles. The molecule has 0 aromatic heterocycles. The van der Waals surface area contributed by atoms with E-state index in [4.69, 9.17) is 20.6 Å². The first-order valence-electron chi connectivity index (χ1n) is 10.6. The fraction of sp³-hybridized carbons (Fsp3) is 0.192. The summed E-state index contributed by atoms with van der Waals surface area (Å²) in [4.78, 5) is 24.9. The van der Waals surface area contributed by atoms with Crippen molar-refractivity contribution in [2.75, 3.05) is 13.7 Å². The molecule has 4 N–H and O–H groups in total. The van der Waals surface area contributed by atoms with Gasteiger partial charge in [0.15, 0.2) is 0 Å². The number of amides is 1. The first kappa shape index (κ1) is 24.8. The largest absolute Gasteiger partial charge is 0.467 e. The SMILES string of the molecule is COC(=O)C(Cc1cccc(C(=N)N)c1)NC(=O)OCC1c2ccccc2-c2ccccc21.Cl. The fourth-order valence-corrected chi connectivity index (χ4v) is 4.22. The molecule has 8 heteroatoms. The zero-order valence-electron chi connectivity index (χ0n) is 18.6. The average molecular weight is 480 g/mol. The van der Waals surface area contributed by atoms with Crippen LogP contribution in [0.2, 0.25) is 0 Å². The van der Waals surface area contributed by atoms with Crippen molar-refractivity contribution < 1.29 is 19.1 Å². The molecule has 0 spiro atoms. The van der Waals surface area contributed by atoms with Gasteiger partial charge in [-0.2, -0.15) is 0 Å². The summed E-state index contributed by atoms with van der Waals surface area (Å²) in [5.41, 5.74) is 11.3. The lowest BCUT2D eigenvalue weighted by molar-refractivity contribution is -0.143. The van der Waals surface area contributed by atoms with Crippen LogP contribution in [0.15, 0.2) is 72.8 Å². The molecule has 1 amide bonds. The molecular weight excluding hydrogens is 454 g/mol. The molecule has 4 rings (SSSR count). The second-order valence-corrected chi connectivity index (χ2v) is 7.86. The molecule has 0 saturated carbocycles. The maximum atomic E-state index is 12.6. The van der Waals surface area contributed by atoms with Crippen molar-refractivity contribution in [3.8, 4) is 11.1 Å². The van der Waals surface area contributed by atoms with E-state index < -0.39 is 18.1 Å². The Morgan fingerprint density at radius 2 is 1.62 bits per heavy atom. The van der Waals surface area contributed by atoms with Crippen LogP contribution in [0.4, 0.5) is 4.79 Å². The Morgan fingerprint density at radius 3 is 2.21 bits per heavy atom. The van der Waals surface area contributed by atoms with Crippen LogP contribution in [0.1, 0.15) is 28.2 Å². The maximum Gasteiger partial charge on any atom is 0.407 e. The molecule has 1 aliphatic rings. The number of methoxy groups -OCH3 is 1. The number of nitrogens with one attached hydrogen (secondary N) is 2. The molecule has 0 aliphatic heterocycles. The van der Waals surface area contributed by atoms with E-state index in [0.29, 0.717) is 5.56 Å². The summed E-state index contributed by atoms with van der Waals surface area (Å²) in [6.07, 6.45) is -0.521. The Kier molecular flexibility index (Phi) is 7.91. The highest BCUT2D eigenvalue weighted by molar-refractivity contribution is 5.95. The Morgan fingerprint density at radius 1 is 1.00 bits per heavy atom. The molecule has 176 valence electrons. The normalized spacial score (nSPS) is 12.5. The average Bonchev–Trinajstić information content (AvgIpc) is 3.15. The van der Waals surface area contributed by atoms with Crippen molar-refractivity contribution in [1.29, 1.82) is 5.41 Å². The van der Waals surface area contributed by atoms with Gasteiger partial charge in [-0.1, -0.05) is 66.7 Å². The van der Waals surface area contributed by atoms with Crippen LogP contribution < -0.4 is 11.1 Å². The summed E-state index contributed by atoms with van der Waals surface area (Å²) in [7, 11) is 1.26. The number of ether oxygens (including phenoxy) is 2. The first-order valence-corrected chi connectivity index (χ1v) is 10.6. The van der Waals surface area contributed by atoms with Gasteiger partial charge in [-0.25, -0.2) is 9.59 Å². The van der Waals surface area contributed by atoms with E-state index in [9.17, 15) is 9.59 Å². The monoisotopic (exact) mass is 479 g/mol. The highest BCUT2D eigenvalue weighted by atomic mass is 35.5. The summed E-state index contributed by atoms with van der Waals surface area (Å²) in [6, 6.07) is 22.2. The van der Waals surface area contributed by atoms with Crippen LogP contribution in [0.25, 0.3) is 11.1 Å². The summed E-state index contributed by atoms with van der Waals surface area (Å²) < 4.78 is 10.4. The lowest BCUT2D eigenvalue weighted by Gasteiger charge is -2.19. The van der Waals surface area contributed by atoms with Gasteiger partial charge in [0.1, 0.15) is 18.5 Å². The molecule has 0 heterocycles. The number of amidine groups is 1. The minimum atomic E-state index is -0.937. The van der Waals surface area contributed by atoms with Gasteiger partial charge in [-0.05, 0) is 33.9 Å². The number of fused-ring (bicyclic) bond motifs is 3. The van der Waals surface area contributed by atoms with E-state index in [0.717, 1.165) is 27.8 Å². The first-order chi connectivity index (χ1) is 16.0. The molecule has 1 atom stereocenters. The predicted octanol–water partition coefficient (Wildman–Crippen LogP) is 4.02. The van der Waals surface area contributed by atoms with E-state index >= 15 is 0 Å². The molecule has 0 radical (unpaired) electrons. The number of hydrogen-bond donors (Lipinski definition) is 3. The number of carbonyl (C=O) groups is 2. The Bertz CT molecular complexity index is 1170. The standard InChI is InChI=1S/C26H25N3O4.ClH/c1-32-25(30)23(14-16-7-6-8-17(13-16)24(27)28)29-26(31)33-15-22-20-11-4-2-9-18(20)19-10-3-5-12-21(19)22;/h2-13,22-23H,14-15H2,1H3,(H3,27,28)(H,29,31);1H. The quantitative estimate of drug-likeness (QED) is 0.269. The minimum Gasteiger partial charge on any atom is -0.467 e. The lowest BCUT2D eigenvalue weighted by atomic mass is 9.98. The van der Waals surface area contributed by atoms with Crippen LogP contribution in [0, 0.1) is 5.41 Å². The number of esters is 1. The molecule has 3 aromatic rings. The number of benzene rings is 3. The van der Waals surface area contributed by atoms with Crippen molar-refractivity contribution in [2.24, 2.45) is 5.73 Å². The second-order valence-electron chi connectivity index (χ2n) is 7.86. The van der Waals surface area contributed by atoms with E-state index in [2.05, 4.69) is 17.4 Å². The number of carbonyl (C=O) groups excluding carboxylic acids is 2. The Labute approximate surface area is 204 Å². The van der Waals surface area contributed by atoms with Crippen molar-refractivity contribution in [3.63, 3.8) is 0 Å². The zero-order valence-corrected chi connectivity index (χ0v) is 19.4. The van der Waals surface area contributed by atoms with Gasteiger partial charge in [0.25, 0.3) is 0 Å². The third-order valence-electron chi connectivity index (χ3n) is 5.80. The molecule has 1 unspecified atom stereocenters. The van der Waals surface area contributed by atoms with E-state index in [1.54, 1.807) is 24.3 Å².